The molecule has 15 rings (SSSR count). The Kier molecular flexibility index (Phi) is 9.55. The van der Waals surface area contributed by atoms with Crippen LogP contribution in [0.2, 0.25) is 0 Å². The van der Waals surface area contributed by atoms with Gasteiger partial charge < -0.3 is 4.90 Å². The molecule has 0 aromatic heterocycles. The summed E-state index contributed by atoms with van der Waals surface area (Å²) in [5.41, 5.74) is 22.8. The van der Waals surface area contributed by atoms with E-state index in [1.54, 1.807) is 0 Å². The fourth-order valence-corrected chi connectivity index (χ4v) is 12.9. The number of benzene rings is 13. The van der Waals surface area contributed by atoms with E-state index < -0.39 is 5.41 Å². The molecule has 0 amide bonds. The summed E-state index contributed by atoms with van der Waals surface area (Å²) in [4.78, 5) is 2.57. The molecule has 0 aliphatic heterocycles. The molecular formula is C73H47N. The molecule has 0 fully saturated rings. The van der Waals surface area contributed by atoms with Crippen LogP contribution in [-0.2, 0) is 5.41 Å². The third-order valence-electron chi connectivity index (χ3n) is 16.1. The molecule has 0 heterocycles. The Morgan fingerprint density at radius 2 is 0.689 bits per heavy atom. The van der Waals surface area contributed by atoms with Crippen LogP contribution in [0.4, 0.5) is 17.1 Å². The lowest BCUT2D eigenvalue weighted by Crippen LogP contribution is -2.26. The molecule has 0 unspecified atom stereocenters. The maximum Gasteiger partial charge on any atom is 0.0726 e. The second kappa shape index (κ2) is 16.8. The molecule has 0 saturated carbocycles. The summed E-state index contributed by atoms with van der Waals surface area (Å²) in [7, 11) is 0. The first-order valence-corrected chi connectivity index (χ1v) is 25.7. The predicted octanol–water partition coefficient (Wildman–Crippen LogP) is 19.6. The maximum atomic E-state index is 2.57. The highest BCUT2D eigenvalue weighted by molar-refractivity contribution is 6.23. The molecule has 0 atom stereocenters. The van der Waals surface area contributed by atoms with Crippen molar-refractivity contribution in [1.82, 2.24) is 0 Å². The summed E-state index contributed by atoms with van der Waals surface area (Å²) < 4.78 is 0. The highest BCUT2D eigenvalue weighted by atomic mass is 15.1. The quantitative estimate of drug-likeness (QED) is 0.144. The van der Waals surface area contributed by atoms with E-state index in [1.165, 1.54) is 116 Å². The van der Waals surface area contributed by atoms with Crippen molar-refractivity contribution >= 4 is 49.4 Å². The molecule has 0 radical (unpaired) electrons. The number of rotatable bonds is 7. The van der Waals surface area contributed by atoms with Crippen molar-refractivity contribution in [1.29, 1.82) is 0 Å². The van der Waals surface area contributed by atoms with Crippen LogP contribution in [0.25, 0.3) is 99.1 Å². The molecule has 2 aliphatic rings. The predicted molar refractivity (Wildman–Crippen MR) is 312 cm³/mol. The van der Waals surface area contributed by atoms with Gasteiger partial charge in [-0.3, -0.25) is 0 Å². The van der Waals surface area contributed by atoms with E-state index in [0.29, 0.717) is 0 Å². The van der Waals surface area contributed by atoms with Gasteiger partial charge in [-0.1, -0.05) is 249 Å². The van der Waals surface area contributed by atoms with Crippen LogP contribution in [0.3, 0.4) is 0 Å². The minimum Gasteiger partial charge on any atom is -0.309 e. The van der Waals surface area contributed by atoms with Gasteiger partial charge >= 0.3 is 0 Å². The topological polar surface area (TPSA) is 3.24 Å². The van der Waals surface area contributed by atoms with E-state index in [-0.39, 0.29) is 0 Å². The van der Waals surface area contributed by atoms with Crippen LogP contribution in [-0.4, -0.2) is 0 Å². The first-order chi connectivity index (χ1) is 36.7. The van der Waals surface area contributed by atoms with Crippen molar-refractivity contribution in [2.45, 2.75) is 5.41 Å². The van der Waals surface area contributed by atoms with Crippen molar-refractivity contribution < 1.29 is 0 Å². The maximum absolute atomic E-state index is 2.57. The van der Waals surface area contributed by atoms with Gasteiger partial charge in [0, 0.05) is 22.3 Å². The van der Waals surface area contributed by atoms with Crippen LogP contribution in [0.5, 0.6) is 0 Å². The molecule has 13 aromatic carbocycles. The summed E-state index contributed by atoms with van der Waals surface area (Å²) in [6.45, 7) is 0. The summed E-state index contributed by atoms with van der Waals surface area (Å²) in [6.07, 6.45) is 0. The molecule has 13 aromatic rings. The SMILES string of the molecule is c1ccc(-c2ccc(-c3ccccc3)c(-c3ccc(N(c4ccc5c(c4)C4(c6ccccc6-c6ccccc64)c4ccccc4-5)c4c(-c5ccc6ccccc6c5)c5ccccc5c5ccccc45)cc3)c2)cc1. The monoisotopic (exact) mass is 937 g/mol. The normalized spacial score (nSPS) is 12.7. The number of anilines is 3. The summed E-state index contributed by atoms with van der Waals surface area (Å²) in [5, 5.41) is 7.30. The van der Waals surface area contributed by atoms with Crippen LogP contribution < -0.4 is 4.90 Å². The van der Waals surface area contributed by atoms with Gasteiger partial charge in [-0.05, 0) is 147 Å². The Morgan fingerprint density at radius 1 is 0.230 bits per heavy atom. The largest absolute Gasteiger partial charge is 0.309 e. The minimum atomic E-state index is -0.505. The van der Waals surface area contributed by atoms with E-state index in [4.69, 9.17) is 0 Å². The fraction of sp³-hybridized carbons (Fsp3) is 0.0137. The Labute approximate surface area is 431 Å². The lowest BCUT2D eigenvalue weighted by Gasteiger charge is -2.33. The van der Waals surface area contributed by atoms with Crippen molar-refractivity contribution in [2.75, 3.05) is 4.90 Å². The molecule has 1 heteroatoms. The average molecular weight is 938 g/mol. The first-order valence-electron chi connectivity index (χ1n) is 25.7. The Morgan fingerprint density at radius 3 is 1.35 bits per heavy atom. The van der Waals surface area contributed by atoms with Crippen molar-refractivity contribution in [3.63, 3.8) is 0 Å². The second-order valence-corrected chi connectivity index (χ2v) is 19.9. The van der Waals surface area contributed by atoms with Gasteiger partial charge in [0.1, 0.15) is 0 Å². The van der Waals surface area contributed by atoms with Crippen molar-refractivity contribution in [2.24, 2.45) is 0 Å². The highest BCUT2D eigenvalue weighted by Crippen LogP contribution is 2.63. The third-order valence-corrected chi connectivity index (χ3v) is 16.1. The van der Waals surface area contributed by atoms with E-state index >= 15 is 0 Å². The smallest absolute Gasteiger partial charge is 0.0726 e. The Hall–Kier alpha value is -9.56. The lowest BCUT2D eigenvalue weighted by molar-refractivity contribution is 0.793. The van der Waals surface area contributed by atoms with Gasteiger partial charge in [0.2, 0.25) is 0 Å². The van der Waals surface area contributed by atoms with Crippen LogP contribution in [0.15, 0.2) is 285 Å². The molecule has 1 nitrogen and oxygen atoms in total. The standard InChI is InChI=1S/C73H47N/c1-3-19-48(20-4-1)53-39-43-57(50-22-5-2-6-23-50)66(46-53)51-37-40-55(41-38-51)74(72-65-31-12-10-26-59(65)58-25-9-11-30-64(58)71(72)54-36-35-49-21-7-8-24-52(49)45-54)56-42-44-63-62-29-15-18-34-69(62)73(70(63)47-56)67-32-16-13-27-60(67)61-28-14-17-33-68(61)73/h1-47H. The van der Waals surface area contributed by atoms with Crippen LogP contribution in [0.1, 0.15) is 22.3 Å². The minimum absolute atomic E-state index is 0.505. The molecule has 0 saturated heterocycles. The number of fused-ring (bicyclic) bond motifs is 14. The first kappa shape index (κ1) is 42.2. The molecule has 74 heavy (non-hydrogen) atoms. The summed E-state index contributed by atoms with van der Waals surface area (Å²) in [6, 6.07) is 106. The lowest BCUT2D eigenvalue weighted by atomic mass is 9.70. The van der Waals surface area contributed by atoms with Crippen LogP contribution in [0, 0.1) is 0 Å². The molecule has 0 bridgehead atoms. The number of nitrogens with zero attached hydrogens (tertiary/aromatic N) is 1. The third kappa shape index (κ3) is 6.30. The van der Waals surface area contributed by atoms with Gasteiger partial charge in [0.25, 0.3) is 0 Å². The van der Waals surface area contributed by atoms with E-state index in [2.05, 4.69) is 290 Å². The van der Waals surface area contributed by atoms with Gasteiger partial charge in [-0.2, -0.15) is 0 Å². The van der Waals surface area contributed by atoms with Crippen molar-refractivity contribution in [3.05, 3.63) is 307 Å². The van der Waals surface area contributed by atoms with E-state index in [0.717, 1.165) is 22.6 Å². The zero-order chi connectivity index (χ0) is 48.7. The van der Waals surface area contributed by atoms with Gasteiger partial charge in [0.05, 0.1) is 11.1 Å². The second-order valence-electron chi connectivity index (χ2n) is 19.9. The van der Waals surface area contributed by atoms with Gasteiger partial charge in [-0.25, -0.2) is 0 Å². The average Bonchev–Trinajstić information content (AvgIpc) is 3.95. The van der Waals surface area contributed by atoms with Crippen LogP contribution >= 0.6 is 0 Å². The zero-order valence-electron chi connectivity index (χ0n) is 40.6. The Bertz CT molecular complexity index is 4290. The van der Waals surface area contributed by atoms with Crippen molar-refractivity contribution in [3.8, 4) is 66.8 Å². The number of hydrogen-bond acceptors (Lipinski definition) is 1. The summed E-state index contributed by atoms with van der Waals surface area (Å²) >= 11 is 0. The van der Waals surface area contributed by atoms with E-state index in [9.17, 15) is 0 Å². The highest BCUT2D eigenvalue weighted by Gasteiger charge is 2.51. The Balaban J connectivity index is 1.02. The molecule has 344 valence electrons. The fourth-order valence-electron chi connectivity index (χ4n) is 12.9. The number of hydrogen-bond donors (Lipinski definition) is 0. The van der Waals surface area contributed by atoms with E-state index in [1.807, 2.05) is 0 Å². The molecule has 1 spiro atoms. The van der Waals surface area contributed by atoms with Gasteiger partial charge in [0.15, 0.2) is 0 Å². The molecule has 2 aliphatic carbocycles. The molecular weight excluding hydrogens is 891 g/mol. The summed E-state index contributed by atoms with van der Waals surface area (Å²) in [5.74, 6) is 0. The zero-order valence-corrected chi connectivity index (χ0v) is 40.6. The van der Waals surface area contributed by atoms with Gasteiger partial charge in [-0.15, -0.1) is 0 Å². The molecule has 0 N–H and O–H groups in total.